The number of Topliss-reactive ketones (excluding diaryl/α,β-unsaturated/α-hetero) is 2. The van der Waals surface area contributed by atoms with Gasteiger partial charge in [-0.3, -0.25) is 24.2 Å². The summed E-state index contributed by atoms with van der Waals surface area (Å²) in [6, 6.07) is 7.33. The van der Waals surface area contributed by atoms with Gasteiger partial charge in [0, 0.05) is 68.7 Å². The molecule has 64 heavy (non-hydrogen) atoms. The summed E-state index contributed by atoms with van der Waals surface area (Å²) >= 11 is 0. The molecule has 15 heteroatoms. The molecule has 342 valence electrons. The van der Waals surface area contributed by atoms with Gasteiger partial charge < -0.3 is 44.0 Å². The third-order valence-electron chi connectivity index (χ3n) is 17.1. The Kier molecular flexibility index (Phi) is 9.82. The number of carbonyl (C=O) groups is 4. The topological polar surface area (TPSA) is 183 Å². The lowest BCUT2D eigenvalue weighted by atomic mass is 9.49. The van der Waals surface area contributed by atoms with E-state index in [4.69, 9.17) is 28.4 Å². The number of likely N-dealkylation sites (tertiary alicyclic amines) is 2. The van der Waals surface area contributed by atoms with Gasteiger partial charge in [0.2, 0.25) is 0 Å². The third-order valence-corrected chi connectivity index (χ3v) is 17.1. The molecule has 12 rings (SSSR count). The number of ether oxygens (including phenoxy) is 6. The number of aliphatic hydroxyl groups is 2. The van der Waals surface area contributed by atoms with Crippen molar-refractivity contribution in [3.8, 4) is 23.0 Å². The largest absolute Gasteiger partial charge is 0.477 e. The zero-order chi connectivity index (χ0) is 43.6. The van der Waals surface area contributed by atoms with E-state index >= 15 is 0 Å². The van der Waals surface area contributed by atoms with Crippen molar-refractivity contribution < 1.29 is 57.8 Å². The van der Waals surface area contributed by atoms with Crippen LogP contribution in [0.2, 0.25) is 0 Å². The number of amides is 1. The van der Waals surface area contributed by atoms with Gasteiger partial charge in [0.1, 0.15) is 0 Å². The number of nitrogens with one attached hydrogen (secondary N) is 1. The smallest absolute Gasteiger partial charge is 0.412 e. The Hall–Kier alpha value is -4.12. The van der Waals surface area contributed by atoms with Crippen LogP contribution >= 0.6 is 0 Å². The average molecular weight is 882 g/mol. The second-order valence-corrected chi connectivity index (χ2v) is 20.5. The minimum atomic E-state index is -1.09. The SMILES string of the molecule is O=C(CCCOCCOCCNC(=O)Oc1ccc2c3c1O[C@@H]1C(=O)CC[C@]4(O)[C@H](C2)N(CC2CC2)CC[C@@]314)Oc1ccc2c3c1O[C@@H]1C(=O)CC[C@]4(O)[C@H](C2)N(CC2CC2)CC[C@@]314. The van der Waals surface area contributed by atoms with Crippen molar-refractivity contribution in [1.82, 2.24) is 15.1 Å². The molecule has 1 amide bonds. The van der Waals surface area contributed by atoms with Crippen LogP contribution in [0, 0.1) is 11.8 Å². The van der Waals surface area contributed by atoms with Gasteiger partial charge in [-0.2, -0.15) is 0 Å². The number of carbonyl (C=O) groups excluding carboxylic acids is 4. The van der Waals surface area contributed by atoms with E-state index in [0.717, 1.165) is 48.4 Å². The monoisotopic (exact) mass is 881 g/mol. The highest BCUT2D eigenvalue weighted by atomic mass is 16.6. The van der Waals surface area contributed by atoms with Crippen molar-refractivity contribution in [3.63, 3.8) is 0 Å². The molecule has 8 atom stereocenters. The highest BCUT2D eigenvalue weighted by Gasteiger charge is 2.75. The van der Waals surface area contributed by atoms with Crippen molar-refractivity contribution in [2.45, 2.75) is 136 Å². The number of rotatable bonds is 16. The molecule has 0 unspecified atom stereocenters. The second kappa shape index (κ2) is 15.2. The molecule has 10 aliphatic rings. The number of ketones is 2. The summed E-state index contributed by atoms with van der Waals surface area (Å²) in [6.07, 6.45) is 7.25. The fraction of sp³-hybridized carbons (Fsp3) is 0.673. The number of piperidine rings is 2. The van der Waals surface area contributed by atoms with Crippen LogP contribution in [0.15, 0.2) is 24.3 Å². The number of benzene rings is 2. The van der Waals surface area contributed by atoms with E-state index in [1.54, 1.807) is 12.1 Å². The standard InChI is InChI=1S/C49H59N3O12/c53-32-11-13-48(57)36-24-30-7-9-34(41-39(30)46(48,43(32)63-41)15-18-51(36)26-28-3-4-28)61-38(55)2-1-20-59-22-23-60-21-17-50-45(56)62-35-10-8-31-25-37-49(58)14-12-33(54)44-47(49,40(31)42(35)64-44)16-19-52(37)27-29-5-6-29/h7-10,28-29,36-37,43-44,57-58H,1-6,11-27H2,(H,50,56)/t36-,37-,43+,44+,46+,47+,48-,49-/m0/s1. The van der Waals surface area contributed by atoms with Gasteiger partial charge >= 0.3 is 12.1 Å². The molecular formula is C49H59N3O12. The summed E-state index contributed by atoms with van der Waals surface area (Å²) in [6.45, 7) is 4.89. The normalized spacial score (nSPS) is 35.0. The molecule has 0 radical (unpaired) electrons. The third kappa shape index (κ3) is 6.12. The van der Waals surface area contributed by atoms with Crippen LogP contribution in [-0.2, 0) is 47.5 Å². The van der Waals surface area contributed by atoms with Crippen LogP contribution in [0.5, 0.6) is 23.0 Å². The molecule has 2 spiro atoms. The Morgan fingerprint density at radius 2 is 1.20 bits per heavy atom. The molecule has 0 aromatic heterocycles. The quantitative estimate of drug-likeness (QED) is 0.127. The number of hydrogen-bond acceptors (Lipinski definition) is 14. The average Bonchev–Trinajstić information content (AvgIpc) is 4.21. The Morgan fingerprint density at radius 3 is 1.73 bits per heavy atom. The predicted octanol–water partition coefficient (Wildman–Crippen LogP) is 3.46. The van der Waals surface area contributed by atoms with Crippen molar-refractivity contribution in [3.05, 3.63) is 46.5 Å². The number of esters is 1. The maximum atomic E-state index is 13.4. The first-order valence-electron chi connectivity index (χ1n) is 24.0. The minimum absolute atomic E-state index is 0.00442. The molecule has 4 bridgehead atoms. The van der Waals surface area contributed by atoms with E-state index in [1.807, 2.05) is 12.1 Å². The lowest BCUT2D eigenvalue weighted by molar-refractivity contribution is -0.188. The first kappa shape index (κ1) is 41.3. The van der Waals surface area contributed by atoms with Gasteiger partial charge in [-0.05, 0) is 119 Å². The molecular weight excluding hydrogens is 823 g/mol. The van der Waals surface area contributed by atoms with E-state index in [2.05, 4.69) is 15.1 Å². The zero-order valence-electron chi connectivity index (χ0n) is 36.4. The van der Waals surface area contributed by atoms with Crippen LogP contribution in [0.25, 0.3) is 0 Å². The molecule has 2 aromatic rings. The maximum Gasteiger partial charge on any atom is 0.412 e. The van der Waals surface area contributed by atoms with Gasteiger partial charge in [-0.15, -0.1) is 0 Å². The highest BCUT2D eigenvalue weighted by molar-refractivity contribution is 5.91. The Balaban J connectivity index is 0.592. The summed E-state index contributed by atoms with van der Waals surface area (Å²) in [5, 5.41) is 27.7. The van der Waals surface area contributed by atoms with Gasteiger partial charge in [0.05, 0.1) is 41.9 Å². The first-order chi connectivity index (χ1) is 31.0. The second-order valence-electron chi connectivity index (χ2n) is 20.5. The van der Waals surface area contributed by atoms with E-state index in [9.17, 15) is 29.4 Å². The summed E-state index contributed by atoms with van der Waals surface area (Å²) in [4.78, 5) is 57.7. The number of nitrogens with zero attached hydrogens (tertiary/aromatic N) is 2. The van der Waals surface area contributed by atoms with E-state index < -0.39 is 46.3 Å². The fourth-order valence-electron chi connectivity index (χ4n) is 13.8. The lowest BCUT2D eigenvalue weighted by Gasteiger charge is -2.62. The zero-order valence-corrected chi connectivity index (χ0v) is 36.4. The van der Waals surface area contributed by atoms with E-state index in [1.165, 1.54) is 25.7 Å². The molecule has 4 saturated carbocycles. The van der Waals surface area contributed by atoms with Crippen molar-refractivity contribution in [2.24, 2.45) is 11.8 Å². The van der Waals surface area contributed by atoms with Crippen LogP contribution in [0.1, 0.15) is 99.3 Å². The molecule has 15 nitrogen and oxygen atoms in total. The highest BCUT2D eigenvalue weighted by Crippen LogP contribution is 2.67. The first-order valence-corrected chi connectivity index (χ1v) is 24.0. The molecule has 3 N–H and O–H groups in total. The minimum Gasteiger partial charge on any atom is -0.477 e. The molecule has 4 aliphatic heterocycles. The van der Waals surface area contributed by atoms with Crippen LogP contribution in [0.3, 0.4) is 0 Å². The molecule has 2 saturated heterocycles. The van der Waals surface area contributed by atoms with Gasteiger partial charge in [-0.1, -0.05) is 12.1 Å². The van der Waals surface area contributed by atoms with Gasteiger partial charge in [-0.25, -0.2) is 4.79 Å². The molecule has 2 aromatic carbocycles. The van der Waals surface area contributed by atoms with E-state index in [0.29, 0.717) is 87.2 Å². The summed E-state index contributed by atoms with van der Waals surface area (Å²) < 4.78 is 35.8. The molecule has 6 fully saturated rings. The number of hydrogen-bond donors (Lipinski definition) is 3. The van der Waals surface area contributed by atoms with Gasteiger partial charge in [0.25, 0.3) is 0 Å². The lowest BCUT2D eigenvalue weighted by Crippen LogP contribution is -2.76. The Bertz CT molecular complexity index is 2140. The van der Waals surface area contributed by atoms with Crippen LogP contribution < -0.4 is 24.3 Å². The fourth-order valence-corrected chi connectivity index (χ4v) is 13.8. The molecule has 6 aliphatic carbocycles. The van der Waals surface area contributed by atoms with Crippen molar-refractivity contribution in [2.75, 3.05) is 59.2 Å². The Labute approximate surface area is 372 Å². The van der Waals surface area contributed by atoms with Gasteiger partial charge in [0.15, 0.2) is 46.8 Å². The summed E-state index contributed by atoms with van der Waals surface area (Å²) in [5.41, 5.74) is 0.0111. The van der Waals surface area contributed by atoms with Crippen molar-refractivity contribution in [1.29, 1.82) is 0 Å². The molecule has 4 heterocycles. The van der Waals surface area contributed by atoms with E-state index in [-0.39, 0.29) is 68.4 Å². The summed E-state index contributed by atoms with van der Waals surface area (Å²) in [5.74, 6) is 2.33. The van der Waals surface area contributed by atoms with Crippen LogP contribution in [-0.4, -0.2) is 138 Å². The van der Waals surface area contributed by atoms with Crippen molar-refractivity contribution >= 4 is 23.6 Å². The van der Waals surface area contributed by atoms with Crippen LogP contribution in [0.4, 0.5) is 4.79 Å². The summed E-state index contributed by atoms with van der Waals surface area (Å²) in [7, 11) is 0. The predicted molar refractivity (Wildman–Crippen MR) is 227 cm³/mol. The maximum absolute atomic E-state index is 13.4. The Morgan fingerprint density at radius 1 is 0.688 bits per heavy atom.